The molecule has 17 heavy (non-hydrogen) atoms. The van der Waals surface area contributed by atoms with E-state index in [2.05, 4.69) is 10.2 Å². The number of benzene rings is 1. The maximum absolute atomic E-state index is 10.9. The third-order valence-corrected chi connectivity index (χ3v) is 2.28. The van der Waals surface area contributed by atoms with Crippen molar-refractivity contribution in [2.24, 2.45) is 0 Å². The van der Waals surface area contributed by atoms with Gasteiger partial charge in [0.2, 0.25) is 0 Å². The van der Waals surface area contributed by atoms with Gasteiger partial charge in [0.1, 0.15) is 0 Å². The van der Waals surface area contributed by atoms with Crippen molar-refractivity contribution in [3.63, 3.8) is 0 Å². The summed E-state index contributed by atoms with van der Waals surface area (Å²) in [6.07, 6.45) is 5.03. The van der Waals surface area contributed by atoms with Gasteiger partial charge in [-0.2, -0.15) is 10.4 Å². The van der Waals surface area contributed by atoms with E-state index in [-0.39, 0.29) is 12.1 Å². The molecule has 0 spiro atoms. The molecule has 0 bridgehead atoms. The maximum atomic E-state index is 10.9. The monoisotopic (exact) mass is 228 g/mol. The molecule has 0 unspecified atom stereocenters. The molecule has 0 aliphatic rings. The highest BCUT2D eigenvalue weighted by Gasteiger charge is 2.14. The summed E-state index contributed by atoms with van der Waals surface area (Å²) in [6, 6.07) is 5.18. The van der Waals surface area contributed by atoms with Gasteiger partial charge in [0.05, 0.1) is 34.5 Å². The van der Waals surface area contributed by atoms with E-state index in [0.717, 1.165) is 0 Å². The van der Waals surface area contributed by atoms with Crippen molar-refractivity contribution < 1.29 is 4.92 Å². The number of nitro benzene ring substituents is 1. The van der Waals surface area contributed by atoms with Crippen molar-refractivity contribution in [1.29, 1.82) is 5.26 Å². The molecule has 84 valence electrons. The van der Waals surface area contributed by atoms with Crippen molar-refractivity contribution in [2.45, 2.75) is 6.42 Å². The van der Waals surface area contributed by atoms with Gasteiger partial charge in [-0.25, -0.2) is 0 Å². The zero-order valence-electron chi connectivity index (χ0n) is 8.75. The first kappa shape index (κ1) is 10.8. The van der Waals surface area contributed by atoms with Gasteiger partial charge in [-0.05, 0) is 11.6 Å². The smallest absolute Gasteiger partial charge is 0.278 e. The van der Waals surface area contributed by atoms with Crippen LogP contribution in [0.3, 0.4) is 0 Å². The number of fused-ring (bicyclic) bond motifs is 1. The third kappa shape index (κ3) is 2.13. The topological polar surface area (TPSA) is 95.6 Å². The lowest BCUT2D eigenvalue weighted by Gasteiger charge is -1.96. The summed E-state index contributed by atoms with van der Waals surface area (Å²) in [5.74, 6) is 0. The molecule has 0 aliphatic heterocycles. The average Bonchev–Trinajstić information content (AvgIpc) is 2.76. The minimum Gasteiger partial charge on any atom is -0.278 e. The molecule has 1 aromatic carbocycles. The molecule has 0 saturated carbocycles. The van der Waals surface area contributed by atoms with Crippen LogP contribution in [0.5, 0.6) is 0 Å². The lowest BCUT2D eigenvalue weighted by molar-refractivity contribution is -0.383. The predicted molar refractivity (Wildman–Crippen MR) is 62.0 cm³/mol. The molecule has 0 amide bonds. The zero-order chi connectivity index (χ0) is 12.3. The minimum absolute atomic E-state index is 0.00728. The van der Waals surface area contributed by atoms with Crippen LogP contribution in [0, 0.1) is 21.4 Å². The van der Waals surface area contributed by atoms with Gasteiger partial charge in [0.25, 0.3) is 5.69 Å². The van der Waals surface area contributed by atoms with E-state index >= 15 is 0 Å². The fraction of sp³-hybridized carbons (Fsp3) is 0.0909. The Labute approximate surface area is 96.3 Å². The maximum Gasteiger partial charge on any atom is 0.280 e. The Morgan fingerprint density at radius 2 is 2.41 bits per heavy atom. The zero-order valence-corrected chi connectivity index (χ0v) is 8.75. The molecule has 2 aromatic rings. The molecule has 0 aliphatic carbocycles. The van der Waals surface area contributed by atoms with E-state index < -0.39 is 4.92 Å². The molecule has 2 rings (SSSR count). The largest absolute Gasteiger partial charge is 0.280 e. The van der Waals surface area contributed by atoms with Crippen LogP contribution >= 0.6 is 0 Å². The number of hydrogen-bond acceptors (Lipinski definition) is 4. The summed E-state index contributed by atoms with van der Waals surface area (Å²) in [4.78, 5) is 10.4. The molecule has 0 saturated heterocycles. The molecule has 0 radical (unpaired) electrons. The van der Waals surface area contributed by atoms with E-state index in [0.29, 0.717) is 16.5 Å². The molecule has 6 nitrogen and oxygen atoms in total. The number of H-pyrrole nitrogens is 1. The van der Waals surface area contributed by atoms with E-state index in [1.807, 2.05) is 6.07 Å². The number of nitriles is 1. The van der Waals surface area contributed by atoms with Crippen LogP contribution in [-0.2, 0) is 0 Å². The fourth-order valence-electron chi connectivity index (χ4n) is 1.55. The van der Waals surface area contributed by atoms with Crippen molar-refractivity contribution in [3.05, 3.63) is 40.1 Å². The number of aromatic nitrogens is 2. The highest BCUT2D eigenvalue weighted by Crippen LogP contribution is 2.26. The number of nitro groups is 1. The van der Waals surface area contributed by atoms with Crippen molar-refractivity contribution in [2.75, 3.05) is 0 Å². The molecule has 1 heterocycles. The van der Waals surface area contributed by atoms with Gasteiger partial charge in [-0.15, -0.1) is 0 Å². The molecular formula is C11H8N4O2. The summed E-state index contributed by atoms with van der Waals surface area (Å²) in [5.41, 5.74) is 1.28. The van der Waals surface area contributed by atoms with Crippen LogP contribution < -0.4 is 0 Å². The highest BCUT2D eigenvalue weighted by atomic mass is 16.6. The number of nitrogens with zero attached hydrogens (tertiary/aromatic N) is 3. The van der Waals surface area contributed by atoms with Crippen LogP contribution in [0.25, 0.3) is 17.0 Å². The van der Waals surface area contributed by atoms with Gasteiger partial charge in [0.15, 0.2) is 0 Å². The number of rotatable bonds is 3. The van der Waals surface area contributed by atoms with Crippen LogP contribution in [0.4, 0.5) is 5.69 Å². The Kier molecular flexibility index (Phi) is 2.83. The summed E-state index contributed by atoms with van der Waals surface area (Å²) < 4.78 is 0. The quantitative estimate of drug-likeness (QED) is 0.644. The molecule has 6 heteroatoms. The average molecular weight is 228 g/mol. The number of hydrogen-bond donors (Lipinski definition) is 1. The fourth-order valence-corrected chi connectivity index (χ4v) is 1.55. The first-order chi connectivity index (χ1) is 8.22. The molecule has 0 fully saturated rings. The predicted octanol–water partition coefficient (Wildman–Crippen LogP) is 2.40. The Morgan fingerprint density at radius 3 is 3.12 bits per heavy atom. The van der Waals surface area contributed by atoms with Crippen molar-refractivity contribution in [1.82, 2.24) is 10.2 Å². The summed E-state index contributed by atoms with van der Waals surface area (Å²) in [6.45, 7) is 0. The van der Waals surface area contributed by atoms with Gasteiger partial charge in [-0.1, -0.05) is 12.2 Å². The van der Waals surface area contributed by atoms with Crippen LogP contribution in [0.15, 0.2) is 24.4 Å². The van der Waals surface area contributed by atoms with E-state index in [9.17, 15) is 10.1 Å². The molecule has 1 N–H and O–H groups in total. The van der Waals surface area contributed by atoms with E-state index in [1.165, 1.54) is 12.3 Å². The summed E-state index contributed by atoms with van der Waals surface area (Å²) in [7, 11) is 0. The Bertz CT molecular complexity index is 636. The second-order valence-electron chi connectivity index (χ2n) is 3.39. The number of non-ortho nitro benzene ring substituents is 1. The Balaban J connectivity index is 2.52. The first-order valence-corrected chi connectivity index (χ1v) is 4.87. The number of nitrogens with one attached hydrogen (secondary N) is 1. The van der Waals surface area contributed by atoms with Crippen LogP contribution in [-0.4, -0.2) is 15.1 Å². The normalized spacial score (nSPS) is 10.8. The van der Waals surface area contributed by atoms with Crippen molar-refractivity contribution in [3.8, 4) is 6.07 Å². The molecule has 0 atom stereocenters. The van der Waals surface area contributed by atoms with Gasteiger partial charge in [-0.3, -0.25) is 15.2 Å². The lowest BCUT2D eigenvalue weighted by atomic mass is 10.1. The third-order valence-electron chi connectivity index (χ3n) is 2.28. The molecule has 1 aromatic heterocycles. The molecular weight excluding hydrogens is 220 g/mol. The number of allylic oxidation sites excluding steroid dienone is 1. The minimum atomic E-state index is -0.445. The van der Waals surface area contributed by atoms with Gasteiger partial charge < -0.3 is 0 Å². The highest BCUT2D eigenvalue weighted by molar-refractivity contribution is 5.89. The van der Waals surface area contributed by atoms with Gasteiger partial charge in [0, 0.05) is 6.07 Å². The summed E-state index contributed by atoms with van der Waals surface area (Å²) in [5, 5.41) is 26.2. The van der Waals surface area contributed by atoms with Gasteiger partial charge >= 0.3 is 0 Å². The second-order valence-corrected chi connectivity index (χ2v) is 3.39. The summed E-state index contributed by atoms with van der Waals surface area (Å²) >= 11 is 0. The number of aromatic amines is 1. The van der Waals surface area contributed by atoms with Crippen LogP contribution in [0.2, 0.25) is 0 Å². The lowest BCUT2D eigenvalue weighted by Crippen LogP contribution is -1.89. The first-order valence-electron chi connectivity index (χ1n) is 4.87. The second kappa shape index (κ2) is 4.45. The Hall–Kier alpha value is -2.68. The van der Waals surface area contributed by atoms with Crippen LogP contribution in [0.1, 0.15) is 12.0 Å². The van der Waals surface area contributed by atoms with E-state index in [4.69, 9.17) is 5.26 Å². The standard InChI is InChI=1S/C11H8N4O2/c12-4-2-1-3-8-5-10-9(7-13-14-10)11(6-8)15(16)17/h1,3,5-7H,2H2,(H,13,14). The Morgan fingerprint density at radius 1 is 1.59 bits per heavy atom. The SMILES string of the molecule is N#CCC=Cc1cc([N+](=O)[O-])c2cn[nH]c2c1. The van der Waals surface area contributed by atoms with E-state index in [1.54, 1.807) is 18.2 Å². The van der Waals surface area contributed by atoms with Crippen molar-refractivity contribution >= 4 is 22.7 Å².